The Labute approximate surface area is 698 Å². The molecule has 0 spiro atoms. The Balaban J connectivity index is 0.000000110. The van der Waals surface area contributed by atoms with Crippen LogP contribution in [0.15, 0.2) is 274 Å². The molecule has 0 saturated heterocycles. The minimum Gasteiger partial charge on any atom is -0.200 e. The van der Waals surface area contributed by atoms with E-state index in [0.29, 0.717) is 0 Å². The Morgan fingerprint density at radius 2 is 0.598 bits per heavy atom. The van der Waals surface area contributed by atoms with Gasteiger partial charge in [-0.3, -0.25) is 0 Å². The van der Waals surface area contributed by atoms with Gasteiger partial charge in [-0.2, -0.15) is 0 Å². The molecule has 5 nitrogen and oxygen atoms in total. The highest BCUT2D eigenvalue weighted by Gasteiger charge is 2.30. The SMILES string of the molecule is Cc1ccc(C2CCCC2)cc1-c1c2ccccc2cc[n+]1C.Cc1ccccc1-c1c2cc(CC3CCCC3)ccc2cc[n+]1C.Cc1ccccc1-c1c2ccc(CC3CCCC3)cc2cc[n+]1C.Cc1ccccc1-c1c2cccc(C3CCCC3)c2cc[n+]1C.Cc1ccccc1-c1c2ccccc2c(C2CCCC2)c[n+]1C. The molecule has 20 rings (SSSR count). The molecule has 10 aromatic carbocycles. The molecule has 117 heavy (non-hydrogen) atoms. The summed E-state index contributed by atoms with van der Waals surface area (Å²) in [5, 5.41) is 13.7. The van der Waals surface area contributed by atoms with Gasteiger partial charge in [0.05, 0.1) is 26.9 Å². The maximum absolute atomic E-state index is 2.45. The summed E-state index contributed by atoms with van der Waals surface area (Å²) in [7, 11) is 10.8. The lowest BCUT2D eigenvalue weighted by Crippen LogP contribution is -2.32. The summed E-state index contributed by atoms with van der Waals surface area (Å²) in [4.78, 5) is 0. The Morgan fingerprint density at radius 3 is 1.13 bits per heavy atom. The van der Waals surface area contributed by atoms with E-state index in [1.165, 1.54) is 301 Å². The number of benzene rings is 10. The maximum Gasteiger partial charge on any atom is 0.220 e. The van der Waals surface area contributed by atoms with Crippen LogP contribution in [0.2, 0.25) is 0 Å². The summed E-state index contributed by atoms with van der Waals surface area (Å²) >= 11 is 0. The lowest BCUT2D eigenvalue weighted by Gasteiger charge is -2.15. The molecule has 0 aliphatic heterocycles. The van der Waals surface area contributed by atoms with Crippen LogP contribution in [-0.2, 0) is 48.1 Å². The zero-order valence-corrected chi connectivity index (χ0v) is 71.7. The van der Waals surface area contributed by atoms with Gasteiger partial charge >= 0.3 is 0 Å². The monoisotopic (exact) mass is 1540 g/mol. The molecule has 5 saturated carbocycles. The Bertz CT molecular complexity index is 5970. The van der Waals surface area contributed by atoms with Gasteiger partial charge in [0.25, 0.3) is 0 Å². The molecule has 5 heterocycles. The Hall–Kier alpha value is -10.8. The highest BCUT2D eigenvalue weighted by molar-refractivity contribution is 5.99. The second-order valence-corrected chi connectivity index (χ2v) is 35.4. The molecular formula is C112H124N5+5. The summed E-state index contributed by atoms with van der Waals surface area (Å²) in [6.45, 7) is 11.0. The van der Waals surface area contributed by atoms with Crippen molar-refractivity contribution in [1.29, 1.82) is 0 Å². The summed E-state index contributed by atoms with van der Waals surface area (Å²) in [6.07, 6.45) is 41.3. The molecule has 15 aromatic rings. The largest absolute Gasteiger partial charge is 0.220 e. The van der Waals surface area contributed by atoms with E-state index in [9.17, 15) is 0 Å². The molecule has 0 radical (unpaired) electrons. The van der Waals surface area contributed by atoms with Gasteiger partial charge in [-0.25, -0.2) is 22.8 Å². The predicted molar refractivity (Wildman–Crippen MR) is 491 cm³/mol. The number of aryl methyl sites for hydroxylation is 10. The summed E-state index contributed by atoms with van der Waals surface area (Å²) < 4.78 is 11.4. The summed E-state index contributed by atoms with van der Waals surface area (Å²) in [6, 6.07) is 89.6. The number of hydrogen-bond acceptors (Lipinski definition) is 0. The van der Waals surface area contributed by atoms with Crippen molar-refractivity contribution in [2.24, 2.45) is 47.1 Å². The second kappa shape index (κ2) is 36.8. The molecule has 5 heteroatoms. The van der Waals surface area contributed by atoms with Crippen LogP contribution in [0.4, 0.5) is 0 Å². The molecule has 5 aliphatic carbocycles. The van der Waals surface area contributed by atoms with Gasteiger partial charge in [-0.15, -0.1) is 0 Å². The van der Waals surface area contributed by atoms with Gasteiger partial charge in [0, 0.05) is 57.6 Å². The standard InChI is InChI=1S/2C23H26N.3C22H24N/c1-17-7-3-6-10-21(17)23-22-12-11-19(15-18-8-4-5-9-18)16-20(22)13-14-24(23)2;1-17-7-3-6-10-21(17)23-22-16-19(15-18-8-4-5-9-18)11-12-20(22)13-14-24(23)2;1-16-9-3-6-12-18(16)22-20-14-8-7-13-19(20)21(15-23(22)2)17-10-4-5-11-17;1-16-8-3-6-11-18(16)22-21-13-7-12-19(17-9-4-5-10-17)20(21)14-15-23(22)2;1-16-11-12-19(17-7-3-4-8-17)15-21(16)22-20-10-6-5-9-18(20)13-14-23(22)2/h2*3,6-7,10-14,16,18H,4-5,8-9,15H2,1-2H3;3,6-9,12-15,17H,4-5,10-11H2,1-2H3;3,6-8,11-15,17H,4-5,9-10H2,1-2H3;5-6,9-15,17H,3-4,7-8H2,1-2H3/q5*+1. The first kappa shape index (κ1) is 80.1. The number of rotatable bonds is 12. The molecule has 0 N–H and O–H groups in total. The molecule has 0 amide bonds. The summed E-state index contributed by atoms with van der Waals surface area (Å²) in [5.74, 6) is 4.03. The highest BCUT2D eigenvalue weighted by atomic mass is 14.9. The van der Waals surface area contributed by atoms with Gasteiger partial charge in [0.1, 0.15) is 35.2 Å². The van der Waals surface area contributed by atoms with Crippen molar-refractivity contribution in [3.8, 4) is 56.3 Å². The minimum atomic E-state index is 0.733. The third-order valence-corrected chi connectivity index (χ3v) is 27.4. The van der Waals surface area contributed by atoms with E-state index in [0.717, 1.165) is 29.6 Å². The summed E-state index contributed by atoms with van der Waals surface area (Å²) in [5.41, 5.74) is 27.7. The van der Waals surface area contributed by atoms with E-state index in [-0.39, 0.29) is 0 Å². The predicted octanol–water partition coefficient (Wildman–Crippen LogP) is 26.6. The number of hydrogen-bond donors (Lipinski definition) is 0. The third kappa shape index (κ3) is 17.8. The fourth-order valence-corrected chi connectivity index (χ4v) is 21.0. The Morgan fingerprint density at radius 1 is 0.239 bits per heavy atom. The van der Waals surface area contributed by atoms with Crippen molar-refractivity contribution in [1.82, 2.24) is 0 Å². The number of nitrogens with zero attached hydrogens (tertiary/aromatic N) is 5. The molecule has 5 fully saturated rings. The zero-order valence-electron chi connectivity index (χ0n) is 71.7. The van der Waals surface area contributed by atoms with Crippen LogP contribution in [0.3, 0.4) is 0 Å². The van der Waals surface area contributed by atoms with E-state index >= 15 is 0 Å². The van der Waals surface area contributed by atoms with Crippen molar-refractivity contribution in [2.75, 3.05) is 0 Å². The fourth-order valence-electron chi connectivity index (χ4n) is 21.0. The van der Waals surface area contributed by atoms with Crippen LogP contribution in [0.5, 0.6) is 0 Å². The van der Waals surface area contributed by atoms with Crippen LogP contribution in [-0.4, -0.2) is 0 Å². The highest BCUT2D eigenvalue weighted by Crippen LogP contribution is 2.44. The van der Waals surface area contributed by atoms with Gasteiger partial charge in [0.2, 0.25) is 28.5 Å². The number of pyridine rings is 5. The van der Waals surface area contributed by atoms with Gasteiger partial charge < -0.3 is 0 Å². The van der Waals surface area contributed by atoms with Crippen LogP contribution in [0, 0.1) is 46.5 Å². The van der Waals surface area contributed by atoms with Crippen molar-refractivity contribution >= 4 is 53.9 Å². The average Bonchev–Trinajstić information content (AvgIpc) is 1.52. The molecular weight excluding hydrogens is 1420 g/mol. The van der Waals surface area contributed by atoms with Crippen molar-refractivity contribution in [3.05, 3.63) is 329 Å². The Kier molecular flexibility index (Phi) is 25.2. The van der Waals surface area contributed by atoms with Crippen LogP contribution >= 0.6 is 0 Å². The third-order valence-electron chi connectivity index (χ3n) is 27.4. The zero-order chi connectivity index (χ0) is 80.5. The number of aromatic nitrogens is 5. The quantitative estimate of drug-likeness (QED) is 0.109. The van der Waals surface area contributed by atoms with Crippen molar-refractivity contribution in [2.45, 2.75) is 194 Å². The van der Waals surface area contributed by atoms with Crippen LogP contribution < -0.4 is 22.8 Å². The lowest BCUT2D eigenvalue weighted by atomic mass is 9.90. The van der Waals surface area contributed by atoms with Gasteiger partial charge in [0.15, 0.2) is 31.0 Å². The smallest absolute Gasteiger partial charge is 0.200 e. The van der Waals surface area contributed by atoms with Crippen molar-refractivity contribution < 1.29 is 22.8 Å². The van der Waals surface area contributed by atoms with E-state index in [2.05, 4.69) is 366 Å². The van der Waals surface area contributed by atoms with Crippen molar-refractivity contribution in [3.63, 3.8) is 0 Å². The van der Waals surface area contributed by atoms with Gasteiger partial charge in [-0.05, 0) is 253 Å². The normalized spacial score (nSPS) is 15.3. The molecule has 0 atom stereocenters. The first-order valence-electron chi connectivity index (χ1n) is 44.6. The van der Waals surface area contributed by atoms with E-state index in [1.807, 2.05) is 0 Å². The second-order valence-electron chi connectivity index (χ2n) is 35.4. The topological polar surface area (TPSA) is 19.4 Å². The van der Waals surface area contributed by atoms with Crippen LogP contribution in [0.25, 0.3) is 110 Å². The molecule has 592 valence electrons. The number of fused-ring (bicyclic) bond motifs is 5. The minimum absolute atomic E-state index is 0.733. The van der Waals surface area contributed by atoms with Gasteiger partial charge in [-0.1, -0.05) is 248 Å². The molecule has 5 aliphatic rings. The van der Waals surface area contributed by atoms with E-state index in [4.69, 9.17) is 0 Å². The first-order chi connectivity index (χ1) is 57.2. The molecule has 0 unspecified atom stereocenters. The first-order valence-corrected chi connectivity index (χ1v) is 44.6. The van der Waals surface area contributed by atoms with Crippen LogP contribution in [0.1, 0.15) is 202 Å². The van der Waals surface area contributed by atoms with E-state index < -0.39 is 0 Å². The van der Waals surface area contributed by atoms with E-state index in [1.54, 1.807) is 5.56 Å². The fraction of sp³-hybridized carbons (Fsp3) is 0.330. The molecule has 5 aromatic heterocycles. The average molecular weight is 1540 g/mol. The molecule has 0 bridgehead atoms. The lowest BCUT2D eigenvalue weighted by molar-refractivity contribution is -0.659. The maximum atomic E-state index is 2.45.